The molecule has 2 nitrogen and oxygen atoms in total. The summed E-state index contributed by atoms with van der Waals surface area (Å²) in [6.07, 6.45) is 0. The van der Waals surface area contributed by atoms with Crippen LogP contribution in [-0.2, 0) is 0 Å². The van der Waals surface area contributed by atoms with Crippen LogP contribution in [0.2, 0.25) is 0 Å². The van der Waals surface area contributed by atoms with E-state index in [0.29, 0.717) is 0 Å². The highest BCUT2D eigenvalue weighted by Crippen LogP contribution is 2.35. The van der Waals surface area contributed by atoms with Crippen LogP contribution in [0, 0.1) is 0 Å². The van der Waals surface area contributed by atoms with Gasteiger partial charge in [0.1, 0.15) is 0 Å². The van der Waals surface area contributed by atoms with Crippen molar-refractivity contribution in [2.75, 3.05) is 0 Å². The molecule has 0 aliphatic carbocycles. The standard InChI is InChI=1S/C22H14N2/c1-2-6-14-12-20-18(11-13(14)5-1)17-10-9-16-15-7-3-4-8-19(15)23-21(16)22(17)24-20/h1-12,23-24H. The van der Waals surface area contributed by atoms with Gasteiger partial charge in [0.25, 0.3) is 0 Å². The minimum absolute atomic E-state index is 1.18. The van der Waals surface area contributed by atoms with Crippen molar-refractivity contribution in [3.8, 4) is 0 Å². The molecule has 2 heterocycles. The third-order valence-electron chi connectivity index (χ3n) is 5.12. The third-order valence-corrected chi connectivity index (χ3v) is 5.12. The second-order valence-electron chi connectivity index (χ2n) is 6.45. The van der Waals surface area contributed by atoms with Gasteiger partial charge in [0, 0.05) is 32.6 Å². The molecule has 0 saturated carbocycles. The topological polar surface area (TPSA) is 31.6 Å². The van der Waals surface area contributed by atoms with Crippen molar-refractivity contribution in [2.45, 2.75) is 0 Å². The zero-order valence-corrected chi connectivity index (χ0v) is 12.9. The van der Waals surface area contributed by atoms with Gasteiger partial charge in [0.05, 0.1) is 11.0 Å². The number of benzene rings is 4. The Kier molecular flexibility index (Phi) is 2.12. The van der Waals surface area contributed by atoms with Crippen molar-refractivity contribution < 1.29 is 0 Å². The van der Waals surface area contributed by atoms with Crippen LogP contribution in [0.4, 0.5) is 0 Å². The Morgan fingerprint density at radius 2 is 1.08 bits per heavy atom. The fourth-order valence-electron chi connectivity index (χ4n) is 3.97. The van der Waals surface area contributed by atoms with Gasteiger partial charge < -0.3 is 9.97 Å². The summed E-state index contributed by atoms with van der Waals surface area (Å²) in [4.78, 5) is 7.24. The van der Waals surface area contributed by atoms with Gasteiger partial charge in [-0.3, -0.25) is 0 Å². The summed E-state index contributed by atoms with van der Waals surface area (Å²) < 4.78 is 0. The molecule has 6 aromatic rings. The Balaban J connectivity index is 1.85. The van der Waals surface area contributed by atoms with E-state index in [1.807, 2.05) is 0 Å². The second kappa shape index (κ2) is 4.18. The van der Waals surface area contributed by atoms with E-state index in [-0.39, 0.29) is 0 Å². The van der Waals surface area contributed by atoms with Gasteiger partial charge >= 0.3 is 0 Å². The largest absolute Gasteiger partial charge is 0.353 e. The highest BCUT2D eigenvalue weighted by Gasteiger charge is 2.12. The lowest BCUT2D eigenvalue weighted by Gasteiger charge is -1.98. The molecular formula is C22H14N2. The van der Waals surface area contributed by atoms with Crippen molar-refractivity contribution in [3.05, 3.63) is 72.8 Å². The third kappa shape index (κ3) is 1.45. The van der Waals surface area contributed by atoms with E-state index in [1.165, 1.54) is 54.4 Å². The molecule has 0 saturated heterocycles. The van der Waals surface area contributed by atoms with E-state index >= 15 is 0 Å². The van der Waals surface area contributed by atoms with Crippen molar-refractivity contribution in [1.82, 2.24) is 9.97 Å². The maximum Gasteiger partial charge on any atom is 0.0710 e. The summed E-state index contributed by atoms with van der Waals surface area (Å²) in [5.74, 6) is 0. The number of fused-ring (bicyclic) bond motifs is 8. The summed E-state index contributed by atoms with van der Waals surface area (Å²) in [6.45, 7) is 0. The van der Waals surface area contributed by atoms with Crippen LogP contribution in [0.1, 0.15) is 0 Å². The maximum atomic E-state index is 3.64. The van der Waals surface area contributed by atoms with Crippen molar-refractivity contribution in [2.24, 2.45) is 0 Å². The smallest absolute Gasteiger partial charge is 0.0710 e. The van der Waals surface area contributed by atoms with Gasteiger partial charge in [-0.25, -0.2) is 0 Å². The van der Waals surface area contributed by atoms with Crippen LogP contribution in [-0.4, -0.2) is 9.97 Å². The normalized spacial score (nSPS) is 12.2. The Hall–Kier alpha value is -3.26. The zero-order chi connectivity index (χ0) is 15.7. The Morgan fingerprint density at radius 1 is 0.458 bits per heavy atom. The number of para-hydroxylation sites is 1. The molecule has 0 aliphatic rings. The molecule has 0 amide bonds. The molecule has 6 rings (SSSR count). The Bertz CT molecular complexity index is 1390. The molecule has 2 aromatic heterocycles. The predicted octanol–water partition coefficient (Wildman–Crippen LogP) is 6.11. The summed E-state index contributed by atoms with van der Waals surface area (Å²) in [5, 5.41) is 7.65. The average Bonchev–Trinajstić information content (AvgIpc) is 3.17. The van der Waals surface area contributed by atoms with Crippen molar-refractivity contribution >= 4 is 54.4 Å². The van der Waals surface area contributed by atoms with Gasteiger partial charge in [0.15, 0.2) is 0 Å². The first kappa shape index (κ1) is 12.2. The molecule has 112 valence electrons. The van der Waals surface area contributed by atoms with Gasteiger partial charge in [0.2, 0.25) is 0 Å². The fourth-order valence-corrected chi connectivity index (χ4v) is 3.97. The summed E-state index contributed by atoms with van der Waals surface area (Å²) in [6, 6.07) is 26.0. The van der Waals surface area contributed by atoms with Gasteiger partial charge in [-0.1, -0.05) is 54.6 Å². The van der Waals surface area contributed by atoms with E-state index in [2.05, 4.69) is 82.8 Å². The van der Waals surface area contributed by atoms with Crippen LogP contribution < -0.4 is 0 Å². The summed E-state index contributed by atoms with van der Waals surface area (Å²) >= 11 is 0. The zero-order valence-electron chi connectivity index (χ0n) is 12.9. The summed E-state index contributed by atoms with van der Waals surface area (Å²) in [5.41, 5.74) is 4.75. The van der Waals surface area contributed by atoms with E-state index in [1.54, 1.807) is 0 Å². The number of rotatable bonds is 0. The first-order chi connectivity index (χ1) is 11.9. The molecule has 4 aromatic carbocycles. The van der Waals surface area contributed by atoms with E-state index in [4.69, 9.17) is 0 Å². The highest BCUT2D eigenvalue weighted by molar-refractivity contribution is 6.22. The van der Waals surface area contributed by atoms with E-state index < -0.39 is 0 Å². The molecule has 0 unspecified atom stereocenters. The van der Waals surface area contributed by atoms with Crippen molar-refractivity contribution in [1.29, 1.82) is 0 Å². The molecule has 24 heavy (non-hydrogen) atoms. The number of hydrogen-bond acceptors (Lipinski definition) is 0. The van der Waals surface area contributed by atoms with Crippen molar-refractivity contribution in [3.63, 3.8) is 0 Å². The van der Waals surface area contributed by atoms with Crippen LogP contribution in [0.15, 0.2) is 72.8 Å². The molecular weight excluding hydrogens is 292 g/mol. The molecule has 0 atom stereocenters. The van der Waals surface area contributed by atoms with E-state index in [0.717, 1.165) is 0 Å². The quantitative estimate of drug-likeness (QED) is 0.339. The minimum atomic E-state index is 1.18. The Labute approximate surface area is 137 Å². The molecule has 0 fully saturated rings. The second-order valence-corrected chi connectivity index (χ2v) is 6.45. The maximum absolute atomic E-state index is 3.64. The Morgan fingerprint density at radius 3 is 1.92 bits per heavy atom. The number of nitrogens with one attached hydrogen (secondary N) is 2. The van der Waals surface area contributed by atoms with Crippen LogP contribution in [0.5, 0.6) is 0 Å². The molecule has 2 heteroatoms. The molecule has 0 spiro atoms. The average molecular weight is 306 g/mol. The number of aromatic amines is 2. The first-order valence-corrected chi connectivity index (χ1v) is 8.22. The SMILES string of the molecule is c1ccc2cc3c(cc2c1)[nH]c1c3ccc2c3ccccc3[nH]c21. The first-order valence-electron chi connectivity index (χ1n) is 8.22. The number of H-pyrrole nitrogens is 2. The molecule has 0 bridgehead atoms. The lowest BCUT2D eigenvalue weighted by Crippen LogP contribution is -1.72. The van der Waals surface area contributed by atoms with Crippen LogP contribution in [0.3, 0.4) is 0 Å². The lowest BCUT2D eigenvalue weighted by molar-refractivity contribution is 1.52. The van der Waals surface area contributed by atoms with Gasteiger partial charge in [-0.2, -0.15) is 0 Å². The predicted molar refractivity (Wildman–Crippen MR) is 103 cm³/mol. The molecule has 0 aliphatic heterocycles. The highest BCUT2D eigenvalue weighted by atomic mass is 14.8. The monoisotopic (exact) mass is 306 g/mol. The fraction of sp³-hybridized carbons (Fsp3) is 0. The number of aromatic nitrogens is 2. The van der Waals surface area contributed by atoms with Crippen LogP contribution in [0.25, 0.3) is 54.4 Å². The molecule has 0 radical (unpaired) electrons. The van der Waals surface area contributed by atoms with Crippen LogP contribution >= 0.6 is 0 Å². The molecule has 2 N–H and O–H groups in total. The van der Waals surface area contributed by atoms with E-state index in [9.17, 15) is 0 Å². The number of hydrogen-bond donors (Lipinski definition) is 2. The summed E-state index contributed by atoms with van der Waals surface area (Å²) in [7, 11) is 0. The van der Waals surface area contributed by atoms with Gasteiger partial charge in [-0.15, -0.1) is 0 Å². The minimum Gasteiger partial charge on any atom is -0.353 e. The van der Waals surface area contributed by atoms with Gasteiger partial charge in [-0.05, 0) is 29.0 Å². The lowest BCUT2D eigenvalue weighted by atomic mass is 10.1.